The molecule has 2 aliphatic heterocycles. The maximum Gasteiger partial charge on any atom is 0.231 e. The Morgan fingerprint density at radius 2 is 2.24 bits per heavy atom. The number of anilines is 2. The second kappa shape index (κ2) is 6.02. The maximum atomic E-state index is 12.5. The minimum atomic E-state index is -0.256. The Bertz CT molecular complexity index is 488. The van der Waals surface area contributed by atoms with Gasteiger partial charge in [-0.1, -0.05) is 6.92 Å². The summed E-state index contributed by atoms with van der Waals surface area (Å²) in [5, 5.41) is 6.33. The monoisotopic (exact) mass is 288 g/mol. The number of nitrogens with one attached hydrogen (secondary N) is 2. The predicted octanol–water partition coefficient (Wildman–Crippen LogP) is 2.01. The van der Waals surface area contributed by atoms with Crippen LogP contribution >= 0.6 is 0 Å². The Hall–Kier alpha value is -1.62. The van der Waals surface area contributed by atoms with E-state index in [-0.39, 0.29) is 11.3 Å². The van der Waals surface area contributed by atoms with Crippen LogP contribution in [0.4, 0.5) is 11.5 Å². The lowest BCUT2D eigenvalue weighted by Crippen LogP contribution is -2.37. The molecule has 0 aromatic carbocycles. The smallest absolute Gasteiger partial charge is 0.231 e. The van der Waals surface area contributed by atoms with Gasteiger partial charge in [-0.25, -0.2) is 4.98 Å². The van der Waals surface area contributed by atoms with Gasteiger partial charge in [0.05, 0.1) is 17.3 Å². The Labute approximate surface area is 126 Å². The summed E-state index contributed by atoms with van der Waals surface area (Å²) >= 11 is 0. The van der Waals surface area contributed by atoms with Gasteiger partial charge in [-0.2, -0.15) is 0 Å². The molecule has 3 heterocycles. The van der Waals surface area contributed by atoms with Crippen molar-refractivity contribution in [3.8, 4) is 0 Å². The average molecular weight is 288 g/mol. The fraction of sp³-hybridized carbons (Fsp3) is 0.625. The second-order valence-electron chi connectivity index (χ2n) is 6.11. The molecule has 2 aliphatic rings. The molecule has 114 valence electrons. The number of amides is 1. The molecule has 3 rings (SSSR count). The molecular weight excluding hydrogens is 264 g/mol. The summed E-state index contributed by atoms with van der Waals surface area (Å²) in [6.45, 7) is 5.95. The minimum Gasteiger partial charge on any atom is -0.357 e. The van der Waals surface area contributed by atoms with Gasteiger partial charge in [0.25, 0.3) is 0 Å². The van der Waals surface area contributed by atoms with Crippen molar-refractivity contribution in [3.05, 3.63) is 18.3 Å². The molecule has 1 aromatic rings. The van der Waals surface area contributed by atoms with Crippen LogP contribution in [0.15, 0.2) is 18.3 Å². The van der Waals surface area contributed by atoms with E-state index in [9.17, 15) is 4.79 Å². The fourth-order valence-electron chi connectivity index (χ4n) is 3.26. The van der Waals surface area contributed by atoms with Crippen molar-refractivity contribution in [2.45, 2.75) is 32.6 Å². The van der Waals surface area contributed by atoms with Gasteiger partial charge >= 0.3 is 0 Å². The fourth-order valence-corrected chi connectivity index (χ4v) is 3.26. The highest BCUT2D eigenvalue weighted by Crippen LogP contribution is 2.31. The van der Waals surface area contributed by atoms with Crippen LogP contribution in [-0.4, -0.2) is 37.1 Å². The zero-order valence-corrected chi connectivity index (χ0v) is 12.7. The first-order chi connectivity index (χ1) is 10.2. The lowest BCUT2D eigenvalue weighted by atomic mass is 9.83. The van der Waals surface area contributed by atoms with Crippen LogP contribution in [0.3, 0.4) is 0 Å². The van der Waals surface area contributed by atoms with E-state index in [4.69, 9.17) is 0 Å². The van der Waals surface area contributed by atoms with E-state index in [2.05, 4.69) is 27.4 Å². The van der Waals surface area contributed by atoms with Crippen molar-refractivity contribution in [3.63, 3.8) is 0 Å². The number of hydrogen-bond donors (Lipinski definition) is 2. The lowest BCUT2D eigenvalue weighted by Gasteiger charge is -2.25. The Kier molecular flexibility index (Phi) is 4.10. The van der Waals surface area contributed by atoms with E-state index in [0.717, 1.165) is 50.5 Å². The molecule has 2 fully saturated rings. The summed E-state index contributed by atoms with van der Waals surface area (Å²) in [5.74, 6) is 1.13. The van der Waals surface area contributed by atoms with Crippen molar-refractivity contribution >= 4 is 17.4 Å². The number of carbonyl (C=O) groups is 1. The van der Waals surface area contributed by atoms with Gasteiger partial charge in [0, 0.05) is 19.6 Å². The number of hydrogen-bond acceptors (Lipinski definition) is 4. The van der Waals surface area contributed by atoms with Gasteiger partial charge in [0.1, 0.15) is 5.82 Å². The topological polar surface area (TPSA) is 57.3 Å². The van der Waals surface area contributed by atoms with Crippen molar-refractivity contribution in [1.29, 1.82) is 0 Å². The normalized spacial score (nSPS) is 25.3. The Morgan fingerprint density at radius 1 is 1.43 bits per heavy atom. The molecule has 1 atom stereocenters. The lowest BCUT2D eigenvalue weighted by molar-refractivity contribution is -0.124. The first-order valence-corrected chi connectivity index (χ1v) is 7.97. The van der Waals surface area contributed by atoms with Gasteiger partial charge in [-0.3, -0.25) is 4.79 Å². The van der Waals surface area contributed by atoms with Crippen molar-refractivity contribution in [2.24, 2.45) is 5.41 Å². The molecule has 5 nitrogen and oxygen atoms in total. The second-order valence-corrected chi connectivity index (χ2v) is 6.11. The van der Waals surface area contributed by atoms with Crippen LogP contribution in [0.2, 0.25) is 0 Å². The molecule has 1 unspecified atom stereocenters. The van der Waals surface area contributed by atoms with E-state index in [0.29, 0.717) is 0 Å². The van der Waals surface area contributed by atoms with Gasteiger partial charge in [0.15, 0.2) is 0 Å². The standard InChI is InChI=1S/C16H24N4O/c1-2-16(7-8-17-12-16)15(21)19-13-5-6-14(18-11-13)20-9-3-4-10-20/h5-6,11,17H,2-4,7-10,12H2,1H3,(H,19,21). The number of carbonyl (C=O) groups excluding carboxylic acids is 1. The highest BCUT2D eigenvalue weighted by atomic mass is 16.2. The van der Waals surface area contributed by atoms with E-state index in [1.54, 1.807) is 6.20 Å². The Morgan fingerprint density at radius 3 is 2.81 bits per heavy atom. The minimum absolute atomic E-state index is 0.116. The molecule has 5 heteroatoms. The molecule has 2 N–H and O–H groups in total. The number of aromatic nitrogens is 1. The van der Waals surface area contributed by atoms with Crippen LogP contribution in [0.25, 0.3) is 0 Å². The molecule has 21 heavy (non-hydrogen) atoms. The summed E-state index contributed by atoms with van der Waals surface area (Å²) in [6, 6.07) is 3.97. The highest BCUT2D eigenvalue weighted by Gasteiger charge is 2.39. The van der Waals surface area contributed by atoms with Crippen LogP contribution in [0.1, 0.15) is 32.6 Å². The number of nitrogens with zero attached hydrogens (tertiary/aromatic N) is 2. The molecule has 2 saturated heterocycles. The number of pyridine rings is 1. The van der Waals surface area contributed by atoms with Crippen molar-refractivity contribution < 1.29 is 4.79 Å². The molecular formula is C16H24N4O. The largest absolute Gasteiger partial charge is 0.357 e. The molecule has 0 spiro atoms. The van der Waals surface area contributed by atoms with Gasteiger partial charge < -0.3 is 15.5 Å². The summed E-state index contributed by atoms with van der Waals surface area (Å²) < 4.78 is 0. The third-order valence-corrected chi connectivity index (χ3v) is 4.84. The van der Waals surface area contributed by atoms with Crippen molar-refractivity contribution in [2.75, 3.05) is 36.4 Å². The molecule has 0 bridgehead atoms. The quantitative estimate of drug-likeness (QED) is 0.890. The van der Waals surface area contributed by atoms with Gasteiger partial charge in [-0.05, 0) is 44.4 Å². The molecule has 1 amide bonds. The number of rotatable bonds is 4. The van der Waals surface area contributed by atoms with Crippen LogP contribution in [-0.2, 0) is 4.79 Å². The third kappa shape index (κ3) is 2.88. The van der Waals surface area contributed by atoms with E-state index in [1.165, 1.54) is 12.8 Å². The Balaban J connectivity index is 1.66. The van der Waals surface area contributed by atoms with Gasteiger partial charge in [0.2, 0.25) is 5.91 Å². The van der Waals surface area contributed by atoms with E-state index < -0.39 is 0 Å². The van der Waals surface area contributed by atoms with Crippen molar-refractivity contribution in [1.82, 2.24) is 10.3 Å². The summed E-state index contributed by atoms with van der Waals surface area (Å²) in [5.41, 5.74) is 0.538. The van der Waals surface area contributed by atoms with Gasteiger partial charge in [-0.15, -0.1) is 0 Å². The molecule has 1 aromatic heterocycles. The van der Waals surface area contributed by atoms with E-state index in [1.807, 2.05) is 12.1 Å². The highest BCUT2D eigenvalue weighted by molar-refractivity contribution is 5.95. The van der Waals surface area contributed by atoms with Crippen LogP contribution in [0, 0.1) is 5.41 Å². The SMILES string of the molecule is CCC1(C(=O)Nc2ccc(N3CCCC3)nc2)CCNC1. The first-order valence-electron chi connectivity index (χ1n) is 7.97. The third-order valence-electron chi connectivity index (χ3n) is 4.84. The molecule has 0 aliphatic carbocycles. The summed E-state index contributed by atoms with van der Waals surface area (Å²) in [4.78, 5) is 19.3. The maximum absolute atomic E-state index is 12.5. The molecule has 0 radical (unpaired) electrons. The van der Waals surface area contributed by atoms with Crippen LogP contribution in [0.5, 0.6) is 0 Å². The van der Waals surface area contributed by atoms with Crippen LogP contribution < -0.4 is 15.5 Å². The predicted molar refractivity (Wildman–Crippen MR) is 84.5 cm³/mol. The molecule has 0 saturated carbocycles. The summed E-state index contributed by atoms with van der Waals surface area (Å²) in [6.07, 6.45) is 6.04. The average Bonchev–Trinajstić information content (AvgIpc) is 3.20. The summed E-state index contributed by atoms with van der Waals surface area (Å²) in [7, 11) is 0. The zero-order chi connectivity index (χ0) is 14.7. The van der Waals surface area contributed by atoms with E-state index >= 15 is 0 Å². The zero-order valence-electron chi connectivity index (χ0n) is 12.7. The first kappa shape index (κ1) is 14.3.